The number of amides is 1. The fourth-order valence-corrected chi connectivity index (χ4v) is 5.26. The molecule has 1 fully saturated rings. The molecule has 1 amide bonds. The van der Waals surface area contributed by atoms with Gasteiger partial charge in [0.1, 0.15) is 10.6 Å². The van der Waals surface area contributed by atoms with Crippen LogP contribution in [0.15, 0.2) is 59.4 Å². The Kier molecular flexibility index (Phi) is 6.46. The molecule has 1 aliphatic heterocycles. The molecule has 8 nitrogen and oxygen atoms in total. The van der Waals surface area contributed by atoms with Crippen molar-refractivity contribution in [3.8, 4) is 5.75 Å². The molecule has 2 aromatic heterocycles. The molecule has 1 saturated heterocycles. The first-order valence-corrected chi connectivity index (χ1v) is 12.2. The molecule has 1 aliphatic rings. The third-order valence-electron chi connectivity index (χ3n) is 6.18. The number of carbonyl (C=O) groups excluding carboxylic acids is 1. The molecule has 0 spiro atoms. The van der Waals surface area contributed by atoms with Gasteiger partial charge in [0.2, 0.25) is 0 Å². The average molecular weight is 478 g/mol. The van der Waals surface area contributed by atoms with Gasteiger partial charge >= 0.3 is 0 Å². The smallest absolute Gasteiger partial charge is 0.261 e. The minimum Gasteiger partial charge on any atom is -0.497 e. The Labute approximate surface area is 201 Å². The Morgan fingerprint density at radius 1 is 1.09 bits per heavy atom. The van der Waals surface area contributed by atoms with E-state index in [1.807, 2.05) is 36.4 Å². The Morgan fingerprint density at radius 3 is 2.62 bits per heavy atom. The van der Waals surface area contributed by atoms with Crippen LogP contribution in [0.1, 0.15) is 16.1 Å². The van der Waals surface area contributed by atoms with Crippen LogP contribution in [0.2, 0.25) is 0 Å². The van der Waals surface area contributed by atoms with Crippen molar-refractivity contribution in [1.82, 2.24) is 19.6 Å². The molecule has 0 bridgehead atoms. The van der Waals surface area contributed by atoms with E-state index in [9.17, 15) is 9.59 Å². The highest BCUT2D eigenvalue weighted by atomic mass is 32.1. The highest BCUT2D eigenvalue weighted by Crippen LogP contribution is 2.21. The molecular formula is C25H27N5O3S. The SMILES string of the molecule is COc1ccc(N2CCN(CCCNC(=O)c3cc(=O)n4c(nc5ccccc54)s3)CC2)cc1. The zero-order valence-corrected chi connectivity index (χ0v) is 19.9. The number of aromatic nitrogens is 2. The second-order valence-electron chi connectivity index (χ2n) is 8.30. The number of hydrogen-bond donors (Lipinski definition) is 1. The molecule has 0 unspecified atom stereocenters. The normalized spacial score (nSPS) is 14.6. The molecule has 0 radical (unpaired) electrons. The van der Waals surface area contributed by atoms with Crippen LogP contribution in [-0.4, -0.2) is 66.6 Å². The van der Waals surface area contributed by atoms with E-state index in [0.717, 1.165) is 55.9 Å². The second kappa shape index (κ2) is 9.82. The van der Waals surface area contributed by atoms with E-state index in [2.05, 4.69) is 32.2 Å². The van der Waals surface area contributed by atoms with Crippen molar-refractivity contribution in [2.24, 2.45) is 0 Å². The maximum Gasteiger partial charge on any atom is 0.261 e. The summed E-state index contributed by atoms with van der Waals surface area (Å²) in [5.41, 5.74) is 2.50. The molecule has 0 atom stereocenters. The molecule has 9 heteroatoms. The minimum absolute atomic E-state index is 0.221. The molecule has 3 heterocycles. The number of ether oxygens (including phenoxy) is 1. The van der Waals surface area contributed by atoms with Gasteiger partial charge in [-0.3, -0.25) is 18.9 Å². The number of methoxy groups -OCH3 is 1. The lowest BCUT2D eigenvalue weighted by atomic mass is 10.2. The zero-order chi connectivity index (χ0) is 23.5. The fraction of sp³-hybridized carbons (Fsp3) is 0.320. The van der Waals surface area contributed by atoms with E-state index in [1.54, 1.807) is 11.5 Å². The van der Waals surface area contributed by atoms with E-state index < -0.39 is 0 Å². The lowest BCUT2D eigenvalue weighted by Crippen LogP contribution is -2.47. The van der Waals surface area contributed by atoms with Crippen LogP contribution in [0.3, 0.4) is 0 Å². The van der Waals surface area contributed by atoms with Gasteiger partial charge in [0.25, 0.3) is 11.5 Å². The number of nitrogens with one attached hydrogen (secondary N) is 1. The largest absolute Gasteiger partial charge is 0.497 e. The Hall–Kier alpha value is -3.43. The van der Waals surface area contributed by atoms with Crippen LogP contribution in [0.5, 0.6) is 5.75 Å². The van der Waals surface area contributed by atoms with Crippen molar-refractivity contribution in [2.45, 2.75) is 6.42 Å². The molecule has 176 valence electrons. The summed E-state index contributed by atoms with van der Waals surface area (Å²) in [4.78, 5) is 35.5. The van der Waals surface area contributed by atoms with Crippen LogP contribution >= 0.6 is 11.3 Å². The number of imidazole rings is 1. The summed E-state index contributed by atoms with van der Waals surface area (Å²) in [5.74, 6) is 0.649. The molecule has 1 N–H and O–H groups in total. The van der Waals surface area contributed by atoms with Crippen molar-refractivity contribution in [3.63, 3.8) is 0 Å². The lowest BCUT2D eigenvalue weighted by molar-refractivity contribution is 0.0955. The zero-order valence-electron chi connectivity index (χ0n) is 19.1. The highest BCUT2D eigenvalue weighted by molar-refractivity contribution is 7.18. The summed E-state index contributed by atoms with van der Waals surface area (Å²) in [6.45, 7) is 5.44. The van der Waals surface area contributed by atoms with E-state index in [1.165, 1.54) is 23.1 Å². The van der Waals surface area contributed by atoms with Crippen molar-refractivity contribution >= 4 is 38.9 Å². The third kappa shape index (κ3) is 4.62. The van der Waals surface area contributed by atoms with Gasteiger partial charge in [-0.25, -0.2) is 4.98 Å². The Balaban J connectivity index is 1.10. The van der Waals surface area contributed by atoms with Crippen molar-refractivity contribution in [1.29, 1.82) is 0 Å². The molecule has 0 aliphatic carbocycles. The third-order valence-corrected chi connectivity index (χ3v) is 7.16. The van der Waals surface area contributed by atoms with Crippen LogP contribution in [0, 0.1) is 0 Å². The summed E-state index contributed by atoms with van der Waals surface area (Å²) in [6.07, 6.45) is 0.860. The molecule has 2 aromatic carbocycles. The first kappa shape index (κ1) is 22.4. The second-order valence-corrected chi connectivity index (χ2v) is 9.31. The van der Waals surface area contributed by atoms with Gasteiger partial charge < -0.3 is 15.0 Å². The first-order chi connectivity index (χ1) is 16.6. The topological polar surface area (TPSA) is 79.2 Å². The van der Waals surface area contributed by atoms with Gasteiger partial charge in [-0.05, 0) is 49.4 Å². The number of hydrogen-bond acceptors (Lipinski definition) is 7. The van der Waals surface area contributed by atoms with Gasteiger partial charge in [0, 0.05) is 44.5 Å². The van der Waals surface area contributed by atoms with E-state index in [-0.39, 0.29) is 11.5 Å². The first-order valence-electron chi connectivity index (χ1n) is 11.4. The number of para-hydroxylation sites is 2. The van der Waals surface area contributed by atoms with E-state index in [0.29, 0.717) is 16.4 Å². The van der Waals surface area contributed by atoms with Gasteiger partial charge in [0.15, 0.2) is 4.96 Å². The van der Waals surface area contributed by atoms with Crippen LogP contribution in [0.4, 0.5) is 5.69 Å². The lowest BCUT2D eigenvalue weighted by Gasteiger charge is -2.36. The summed E-state index contributed by atoms with van der Waals surface area (Å²) >= 11 is 1.24. The van der Waals surface area contributed by atoms with Crippen LogP contribution in [-0.2, 0) is 0 Å². The standard InChI is InChI=1S/C25H27N5O3S/c1-33-19-9-7-18(8-10-19)29-15-13-28(14-16-29)12-4-11-26-24(32)22-17-23(31)30-21-6-3-2-5-20(21)27-25(30)34-22/h2-3,5-10,17H,4,11-16H2,1H3,(H,26,32). The van der Waals surface area contributed by atoms with E-state index in [4.69, 9.17) is 4.74 Å². The summed E-state index contributed by atoms with van der Waals surface area (Å²) in [7, 11) is 1.68. The van der Waals surface area contributed by atoms with Crippen molar-refractivity contribution in [3.05, 3.63) is 69.8 Å². The number of rotatable bonds is 7. The number of anilines is 1. The predicted molar refractivity (Wildman–Crippen MR) is 135 cm³/mol. The highest BCUT2D eigenvalue weighted by Gasteiger charge is 2.17. The Bertz CT molecular complexity index is 1360. The van der Waals surface area contributed by atoms with Crippen LogP contribution < -0.4 is 20.5 Å². The summed E-state index contributed by atoms with van der Waals surface area (Å²) < 4.78 is 6.79. The monoisotopic (exact) mass is 477 g/mol. The molecule has 5 rings (SSSR count). The van der Waals surface area contributed by atoms with Gasteiger partial charge in [0.05, 0.1) is 18.1 Å². The number of nitrogens with zero attached hydrogens (tertiary/aromatic N) is 4. The maximum absolute atomic E-state index is 12.6. The number of piperazine rings is 1. The maximum atomic E-state index is 12.6. The molecule has 4 aromatic rings. The van der Waals surface area contributed by atoms with Crippen molar-refractivity contribution in [2.75, 3.05) is 51.3 Å². The number of carbonyl (C=O) groups is 1. The minimum atomic E-state index is -0.234. The quantitative estimate of drug-likeness (QED) is 0.413. The predicted octanol–water partition coefficient (Wildman–Crippen LogP) is 2.86. The fourth-order valence-electron chi connectivity index (χ4n) is 4.32. The molecule has 34 heavy (non-hydrogen) atoms. The average Bonchev–Trinajstić information content (AvgIpc) is 3.26. The number of benzene rings is 2. The van der Waals surface area contributed by atoms with Gasteiger partial charge in [-0.1, -0.05) is 23.5 Å². The van der Waals surface area contributed by atoms with E-state index >= 15 is 0 Å². The molecule has 0 saturated carbocycles. The van der Waals surface area contributed by atoms with Gasteiger partial charge in [-0.15, -0.1) is 0 Å². The summed E-state index contributed by atoms with van der Waals surface area (Å²) in [5, 5.41) is 2.96. The number of fused-ring (bicyclic) bond motifs is 3. The van der Waals surface area contributed by atoms with Crippen LogP contribution in [0.25, 0.3) is 16.0 Å². The summed E-state index contributed by atoms with van der Waals surface area (Å²) in [6, 6.07) is 17.1. The Morgan fingerprint density at radius 2 is 1.85 bits per heavy atom. The molecular weight excluding hydrogens is 450 g/mol. The van der Waals surface area contributed by atoms with Crippen molar-refractivity contribution < 1.29 is 9.53 Å². The van der Waals surface area contributed by atoms with Gasteiger partial charge in [-0.2, -0.15) is 0 Å².